The molecule has 1 atom stereocenters. The zero-order valence-electron chi connectivity index (χ0n) is 31.5. The van der Waals surface area contributed by atoms with Gasteiger partial charge < -0.3 is 19.3 Å². The lowest BCUT2D eigenvalue weighted by Gasteiger charge is -2.18. The highest BCUT2D eigenvalue weighted by atomic mass is 31.2. The van der Waals surface area contributed by atoms with E-state index in [2.05, 4.69) is 73.1 Å². The normalized spacial score (nSPS) is 13.1. The number of carbonyl (C=O) groups is 2. The van der Waals surface area contributed by atoms with Crippen LogP contribution in [-0.4, -0.2) is 41.0 Å². The molecule has 0 rings (SSSR count). The average molecular weight is 723 g/mol. The summed E-state index contributed by atoms with van der Waals surface area (Å²) in [6.07, 6.45) is 45.1. The number of unbranched alkanes of at least 4 members (excludes halogenated alkanes) is 15. The summed E-state index contributed by atoms with van der Waals surface area (Å²) in [5.74, 6) is -0.964. The van der Waals surface area contributed by atoms with E-state index in [0.29, 0.717) is 19.3 Å². The van der Waals surface area contributed by atoms with Gasteiger partial charge in [0.25, 0.3) is 0 Å². The molecule has 0 heterocycles. The minimum atomic E-state index is -4.77. The predicted molar refractivity (Wildman–Crippen MR) is 207 cm³/mol. The van der Waals surface area contributed by atoms with Crippen LogP contribution in [-0.2, 0) is 28.2 Å². The van der Waals surface area contributed by atoms with Gasteiger partial charge in [0.15, 0.2) is 6.10 Å². The molecule has 0 aliphatic carbocycles. The minimum Gasteiger partial charge on any atom is -0.462 e. The van der Waals surface area contributed by atoms with Crippen LogP contribution in [0.3, 0.4) is 0 Å². The van der Waals surface area contributed by atoms with Crippen LogP contribution in [0.15, 0.2) is 60.8 Å². The third kappa shape index (κ3) is 38.6. The van der Waals surface area contributed by atoms with Gasteiger partial charge in [0.05, 0.1) is 6.61 Å². The van der Waals surface area contributed by atoms with Gasteiger partial charge in [-0.2, -0.15) is 0 Å². The molecule has 0 aliphatic rings. The molecule has 0 unspecified atom stereocenters. The molecule has 0 spiro atoms. The van der Waals surface area contributed by atoms with Crippen LogP contribution in [0.4, 0.5) is 0 Å². The number of rotatable bonds is 35. The number of ether oxygens (including phenoxy) is 2. The number of allylic oxidation sites excluding steroid dienone is 10. The Morgan fingerprint density at radius 3 is 1.46 bits per heavy atom. The van der Waals surface area contributed by atoms with E-state index in [-0.39, 0.29) is 19.4 Å². The molecule has 288 valence electrons. The summed E-state index contributed by atoms with van der Waals surface area (Å²) >= 11 is 0. The smallest absolute Gasteiger partial charge is 0.462 e. The minimum absolute atomic E-state index is 0.132. The molecule has 0 aromatic heterocycles. The van der Waals surface area contributed by atoms with Crippen molar-refractivity contribution in [2.45, 2.75) is 174 Å². The first-order chi connectivity index (χ1) is 24.3. The Morgan fingerprint density at radius 1 is 0.520 bits per heavy atom. The number of hydrogen-bond acceptors (Lipinski definition) is 6. The van der Waals surface area contributed by atoms with Gasteiger partial charge in [-0.25, -0.2) is 4.57 Å². The van der Waals surface area contributed by atoms with Gasteiger partial charge in [-0.15, -0.1) is 0 Å². The fourth-order valence-corrected chi connectivity index (χ4v) is 5.42. The van der Waals surface area contributed by atoms with Gasteiger partial charge in [-0.1, -0.05) is 139 Å². The molecule has 9 heteroatoms. The molecule has 0 aromatic carbocycles. The van der Waals surface area contributed by atoms with Gasteiger partial charge in [-0.05, 0) is 77.0 Å². The first-order valence-corrected chi connectivity index (χ1v) is 21.1. The van der Waals surface area contributed by atoms with Gasteiger partial charge in [-0.3, -0.25) is 14.1 Å². The summed E-state index contributed by atoms with van der Waals surface area (Å²) in [6, 6.07) is 0. The number of esters is 2. The lowest BCUT2D eigenvalue weighted by molar-refractivity contribution is -0.161. The molecule has 0 amide bonds. The second-order valence-electron chi connectivity index (χ2n) is 12.9. The summed E-state index contributed by atoms with van der Waals surface area (Å²) in [4.78, 5) is 42.7. The maximum absolute atomic E-state index is 12.3. The van der Waals surface area contributed by atoms with Crippen LogP contribution in [0.5, 0.6) is 0 Å². The lowest BCUT2D eigenvalue weighted by atomic mass is 10.1. The topological polar surface area (TPSA) is 119 Å². The molecule has 0 bridgehead atoms. The SMILES string of the molecule is CCCCC/C=C\C/C=C\C/C=C\C/C=C\CCCC(=O)O[C@H](COC(=O)CCCCCCC/C=C\CCCCCCCC)COP(=O)(O)O. The van der Waals surface area contributed by atoms with Crippen LogP contribution in [0.25, 0.3) is 0 Å². The van der Waals surface area contributed by atoms with E-state index >= 15 is 0 Å². The van der Waals surface area contributed by atoms with E-state index in [1.165, 1.54) is 70.6 Å². The molecule has 0 radical (unpaired) electrons. The van der Waals surface area contributed by atoms with Crippen molar-refractivity contribution in [3.05, 3.63) is 60.8 Å². The maximum Gasteiger partial charge on any atom is 0.469 e. The highest BCUT2D eigenvalue weighted by Gasteiger charge is 2.22. The fraction of sp³-hybridized carbons (Fsp3) is 0.707. The Bertz CT molecular complexity index is 995. The standard InChI is InChI=1S/C41H71O8P/c1-3-5-7-9-11-13-15-17-19-20-22-24-26-28-30-32-34-36-41(43)49-39(38-48-50(44,45)46)37-47-40(42)35-33-31-29-27-25-23-21-18-16-14-12-10-8-6-4-2/h11,13,17-19,21-22,24,28,30,39H,3-10,12,14-16,20,23,25-27,29,31-38H2,1-2H3,(H2,44,45,46)/b13-11-,19-17-,21-18-,24-22-,30-28-/t39-/m1/s1. The van der Waals surface area contributed by atoms with Crippen molar-refractivity contribution in [3.63, 3.8) is 0 Å². The van der Waals surface area contributed by atoms with Crippen molar-refractivity contribution in [2.24, 2.45) is 0 Å². The third-order valence-electron chi connectivity index (χ3n) is 8.01. The van der Waals surface area contributed by atoms with Crippen LogP contribution < -0.4 is 0 Å². The summed E-state index contributed by atoms with van der Waals surface area (Å²) < 4.78 is 26.3. The Hall–Kier alpha value is -2.25. The molecule has 0 saturated carbocycles. The van der Waals surface area contributed by atoms with Gasteiger partial charge in [0.2, 0.25) is 0 Å². The van der Waals surface area contributed by atoms with Crippen molar-refractivity contribution in [3.8, 4) is 0 Å². The Labute approximate surface area is 305 Å². The average Bonchev–Trinajstić information content (AvgIpc) is 3.08. The van der Waals surface area contributed by atoms with E-state index in [1.807, 2.05) is 6.08 Å². The van der Waals surface area contributed by atoms with Gasteiger partial charge in [0.1, 0.15) is 6.61 Å². The highest BCUT2D eigenvalue weighted by Crippen LogP contribution is 2.36. The number of hydrogen-bond donors (Lipinski definition) is 2. The Kier molecular flexibility index (Phi) is 34.9. The summed E-state index contributed by atoms with van der Waals surface area (Å²) in [5.41, 5.74) is 0. The summed E-state index contributed by atoms with van der Waals surface area (Å²) in [6.45, 7) is 3.59. The van der Waals surface area contributed by atoms with E-state index in [0.717, 1.165) is 51.4 Å². The Morgan fingerprint density at radius 2 is 0.920 bits per heavy atom. The first-order valence-electron chi connectivity index (χ1n) is 19.6. The van der Waals surface area contributed by atoms with Crippen molar-refractivity contribution in [1.29, 1.82) is 0 Å². The van der Waals surface area contributed by atoms with Crippen LogP contribution in [0.2, 0.25) is 0 Å². The number of carbonyl (C=O) groups excluding carboxylic acids is 2. The van der Waals surface area contributed by atoms with Crippen molar-refractivity contribution in [1.82, 2.24) is 0 Å². The van der Waals surface area contributed by atoms with Crippen LogP contribution >= 0.6 is 7.82 Å². The molecule has 0 saturated heterocycles. The van der Waals surface area contributed by atoms with E-state index in [1.54, 1.807) is 0 Å². The Balaban J connectivity index is 4.08. The zero-order valence-corrected chi connectivity index (χ0v) is 32.4. The molecular weight excluding hydrogens is 651 g/mol. The van der Waals surface area contributed by atoms with Crippen molar-refractivity contribution < 1.29 is 37.9 Å². The third-order valence-corrected chi connectivity index (χ3v) is 8.49. The molecule has 0 aromatic rings. The quantitative estimate of drug-likeness (QED) is 0.0287. The summed E-state index contributed by atoms with van der Waals surface area (Å²) in [7, 11) is -4.77. The second-order valence-corrected chi connectivity index (χ2v) is 14.1. The zero-order chi connectivity index (χ0) is 36.8. The first kappa shape index (κ1) is 47.8. The molecule has 0 aliphatic heterocycles. The monoisotopic (exact) mass is 722 g/mol. The highest BCUT2D eigenvalue weighted by molar-refractivity contribution is 7.46. The van der Waals surface area contributed by atoms with Crippen LogP contribution in [0, 0.1) is 0 Å². The molecule has 2 N–H and O–H groups in total. The second kappa shape index (κ2) is 36.5. The van der Waals surface area contributed by atoms with Gasteiger partial charge >= 0.3 is 19.8 Å². The largest absolute Gasteiger partial charge is 0.469 e. The number of phosphoric ester groups is 1. The number of phosphoric acid groups is 1. The molecule has 0 fully saturated rings. The molecule has 8 nitrogen and oxygen atoms in total. The van der Waals surface area contributed by atoms with Gasteiger partial charge in [0, 0.05) is 12.8 Å². The van der Waals surface area contributed by atoms with Crippen molar-refractivity contribution in [2.75, 3.05) is 13.2 Å². The summed E-state index contributed by atoms with van der Waals surface area (Å²) in [5, 5.41) is 0. The van der Waals surface area contributed by atoms with Crippen molar-refractivity contribution >= 4 is 19.8 Å². The fourth-order valence-electron chi connectivity index (χ4n) is 5.06. The maximum atomic E-state index is 12.3. The predicted octanol–water partition coefficient (Wildman–Crippen LogP) is 11.7. The lowest BCUT2D eigenvalue weighted by Crippen LogP contribution is -2.29. The molecular formula is C41H71O8P. The van der Waals surface area contributed by atoms with E-state index in [4.69, 9.17) is 19.3 Å². The van der Waals surface area contributed by atoms with Crippen LogP contribution in [0.1, 0.15) is 168 Å². The van der Waals surface area contributed by atoms with E-state index in [9.17, 15) is 14.2 Å². The molecule has 50 heavy (non-hydrogen) atoms. The van der Waals surface area contributed by atoms with E-state index < -0.39 is 32.5 Å².